The predicted molar refractivity (Wildman–Crippen MR) is 64.5 cm³/mol. The topological polar surface area (TPSA) is 9.23 Å². The van der Waals surface area contributed by atoms with E-state index in [0.29, 0.717) is 11.6 Å². The van der Waals surface area contributed by atoms with E-state index in [1.807, 2.05) is 25.1 Å². The van der Waals surface area contributed by atoms with Gasteiger partial charge in [-0.15, -0.1) is 0 Å². The van der Waals surface area contributed by atoms with E-state index >= 15 is 0 Å². The van der Waals surface area contributed by atoms with Gasteiger partial charge in [0.25, 0.3) is 0 Å². The summed E-state index contributed by atoms with van der Waals surface area (Å²) in [6.07, 6.45) is 0. The minimum absolute atomic E-state index is 0.225. The number of hydrogen-bond acceptors (Lipinski definition) is 1. The molecular weight excluding hydrogens is 263 g/mol. The minimum Gasteiger partial charge on any atom is -0.492 e. The molecule has 1 rings (SSSR count). The van der Waals surface area contributed by atoms with Crippen LogP contribution >= 0.6 is 27.5 Å². The Morgan fingerprint density at radius 1 is 1.57 bits per heavy atom. The van der Waals surface area contributed by atoms with Crippen molar-refractivity contribution >= 4 is 27.5 Å². The summed E-state index contributed by atoms with van der Waals surface area (Å²) < 4.78 is 5.34. The molecule has 1 aromatic carbocycles. The summed E-state index contributed by atoms with van der Waals surface area (Å²) in [5, 5.41) is 1.48. The second-order valence-electron chi connectivity index (χ2n) is 2.97. The van der Waals surface area contributed by atoms with Crippen LogP contribution in [0.3, 0.4) is 0 Å². The van der Waals surface area contributed by atoms with Gasteiger partial charge in [0.15, 0.2) is 0 Å². The largest absolute Gasteiger partial charge is 0.492 e. The van der Waals surface area contributed by atoms with Crippen molar-refractivity contribution < 1.29 is 4.74 Å². The Labute approximate surface area is 98.5 Å². The zero-order valence-electron chi connectivity index (χ0n) is 8.09. The van der Waals surface area contributed by atoms with E-state index < -0.39 is 0 Å². The Morgan fingerprint density at radius 2 is 2.29 bits per heavy atom. The maximum atomic E-state index is 6.04. The maximum absolute atomic E-state index is 6.04. The van der Waals surface area contributed by atoms with E-state index in [0.717, 1.165) is 16.6 Å². The molecule has 0 aliphatic carbocycles. The van der Waals surface area contributed by atoms with Crippen LogP contribution < -0.4 is 4.74 Å². The Hall–Kier alpha value is -0.210. The highest BCUT2D eigenvalue weighted by molar-refractivity contribution is 9.09. The van der Waals surface area contributed by atoms with Gasteiger partial charge in [0.1, 0.15) is 5.75 Å². The molecule has 77 valence electrons. The number of halogens is 2. The monoisotopic (exact) mass is 275 g/mol. The highest BCUT2D eigenvalue weighted by atomic mass is 79.9. The van der Waals surface area contributed by atoms with Gasteiger partial charge in [0.2, 0.25) is 0 Å². The number of ether oxygens (including phenoxy) is 1. The number of rotatable bonds is 4. The van der Waals surface area contributed by atoms with Crippen LogP contribution in [0.5, 0.6) is 5.75 Å². The average molecular weight is 277 g/mol. The molecule has 0 heterocycles. The molecule has 0 amide bonds. The van der Waals surface area contributed by atoms with Gasteiger partial charge in [-0.05, 0) is 37.5 Å². The van der Waals surface area contributed by atoms with Gasteiger partial charge in [-0.2, -0.15) is 0 Å². The standard InChI is InChI=1S/C11H13BrClO/c1-3-14-11-5-4-9(6-10(11)13)8(2)7-12/h4-6,8H,2-3,7H2,1H3. The van der Waals surface area contributed by atoms with Gasteiger partial charge in [-0.1, -0.05) is 33.6 Å². The summed E-state index contributed by atoms with van der Waals surface area (Å²) in [6, 6.07) is 5.79. The van der Waals surface area contributed by atoms with E-state index in [1.165, 1.54) is 0 Å². The Kier molecular flexibility index (Phi) is 4.76. The van der Waals surface area contributed by atoms with Gasteiger partial charge in [0, 0.05) is 5.33 Å². The average Bonchev–Trinajstić information content (AvgIpc) is 2.20. The number of benzene rings is 1. The van der Waals surface area contributed by atoms with Crippen molar-refractivity contribution in [2.45, 2.75) is 12.8 Å². The van der Waals surface area contributed by atoms with Crippen molar-refractivity contribution in [2.24, 2.45) is 0 Å². The van der Waals surface area contributed by atoms with E-state index in [9.17, 15) is 0 Å². The zero-order chi connectivity index (χ0) is 10.6. The number of hydrogen-bond donors (Lipinski definition) is 0. The van der Waals surface area contributed by atoms with Crippen LogP contribution in [-0.4, -0.2) is 11.9 Å². The van der Waals surface area contributed by atoms with E-state index in [2.05, 4.69) is 22.9 Å². The lowest BCUT2D eigenvalue weighted by molar-refractivity contribution is 0.340. The van der Waals surface area contributed by atoms with E-state index in [4.69, 9.17) is 16.3 Å². The quantitative estimate of drug-likeness (QED) is 0.754. The van der Waals surface area contributed by atoms with Gasteiger partial charge < -0.3 is 4.74 Å². The van der Waals surface area contributed by atoms with Gasteiger partial charge in [-0.25, -0.2) is 0 Å². The molecule has 0 aliphatic heterocycles. The first-order chi connectivity index (χ1) is 6.69. The third kappa shape index (κ3) is 2.89. The molecule has 1 atom stereocenters. The molecule has 0 aliphatic rings. The first kappa shape index (κ1) is 11.9. The molecule has 1 aromatic rings. The zero-order valence-corrected chi connectivity index (χ0v) is 10.4. The molecule has 0 saturated carbocycles. The fourth-order valence-corrected chi connectivity index (χ4v) is 1.75. The third-order valence-electron chi connectivity index (χ3n) is 1.91. The molecule has 1 unspecified atom stereocenters. The molecule has 3 heteroatoms. The first-order valence-corrected chi connectivity index (χ1v) is 6.00. The van der Waals surface area contributed by atoms with Gasteiger partial charge in [-0.3, -0.25) is 0 Å². The van der Waals surface area contributed by atoms with Crippen molar-refractivity contribution in [3.63, 3.8) is 0 Å². The molecule has 0 N–H and O–H groups in total. The van der Waals surface area contributed by atoms with Crippen molar-refractivity contribution in [1.82, 2.24) is 0 Å². The molecule has 0 bridgehead atoms. The minimum atomic E-state index is 0.225. The highest BCUT2D eigenvalue weighted by Gasteiger charge is 2.07. The molecule has 14 heavy (non-hydrogen) atoms. The number of alkyl halides is 1. The smallest absolute Gasteiger partial charge is 0.137 e. The molecule has 1 radical (unpaired) electrons. The second kappa shape index (κ2) is 5.62. The predicted octanol–water partition coefficient (Wildman–Crippen LogP) is 4.05. The van der Waals surface area contributed by atoms with Crippen LogP contribution in [0.2, 0.25) is 5.02 Å². The van der Waals surface area contributed by atoms with E-state index in [1.54, 1.807) is 0 Å². The van der Waals surface area contributed by atoms with Crippen LogP contribution in [0.4, 0.5) is 0 Å². The van der Waals surface area contributed by atoms with Crippen molar-refractivity contribution in [3.05, 3.63) is 35.7 Å². The summed E-state index contributed by atoms with van der Waals surface area (Å²) in [7, 11) is 0. The molecule has 0 saturated heterocycles. The maximum Gasteiger partial charge on any atom is 0.137 e. The van der Waals surface area contributed by atoms with Crippen LogP contribution in [0.15, 0.2) is 18.2 Å². The van der Waals surface area contributed by atoms with E-state index in [-0.39, 0.29) is 5.92 Å². The summed E-state index contributed by atoms with van der Waals surface area (Å²) in [5.41, 5.74) is 1.12. The summed E-state index contributed by atoms with van der Waals surface area (Å²) in [6.45, 7) is 6.56. The molecule has 1 nitrogen and oxygen atoms in total. The molecular formula is C11H13BrClO. The second-order valence-corrected chi connectivity index (χ2v) is 4.03. The fourth-order valence-electron chi connectivity index (χ4n) is 1.13. The Bertz CT molecular complexity index is 301. The van der Waals surface area contributed by atoms with Crippen molar-refractivity contribution in [1.29, 1.82) is 0 Å². The first-order valence-electron chi connectivity index (χ1n) is 4.50. The van der Waals surface area contributed by atoms with Crippen LogP contribution in [0, 0.1) is 6.92 Å². The van der Waals surface area contributed by atoms with Crippen molar-refractivity contribution in [2.75, 3.05) is 11.9 Å². The summed E-state index contributed by atoms with van der Waals surface area (Å²) in [4.78, 5) is 0. The van der Waals surface area contributed by atoms with Crippen molar-refractivity contribution in [3.8, 4) is 5.75 Å². The third-order valence-corrected chi connectivity index (χ3v) is 2.99. The lowest BCUT2D eigenvalue weighted by Gasteiger charge is -2.11. The van der Waals surface area contributed by atoms with Gasteiger partial charge in [0.05, 0.1) is 11.6 Å². The highest BCUT2D eigenvalue weighted by Crippen LogP contribution is 2.28. The molecule has 0 spiro atoms. The molecule has 0 aromatic heterocycles. The van der Waals surface area contributed by atoms with Crippen LogP contribution in [0.25, 0.3) is 0 Å². The van der Waals surface area contributed by atoms with Crippen LogP contribution in [-0.2, 0) is 0 Å². The summed E-state index contributed by atoms with van der Waals surface area (Å²) >= 11 is 9.43. The normalized spacial score (nSPS) is 12.6. The fraction of sp³-hybridized carbons (Fsp3) is 0.364. The Balaban J connectivity index is 2.88. The van der Waals surface area contributed by atoms with Gasteiger partial charge >= 0.3 is 0 Å². The SMILES string of the molecule is [CH2]C(CBr)c1ccc(OCC)c(Cl)c1. The van der Waals surface area contributed by atoms with Crippen LogP contribution in [0.1, 0.15) is 18.4 Å². The molecule has 0 fully saturated rings. The Morgan fingerprint density at radius 3 is 2.79 bits per heavy atom. The lowest BCUT2D eigenvalue weighted by atomic mass is 10.0. The summed E-state index contributed by atoms with van der Waals surface area (Å²) in [5.74, 6) is 0.961. The lowest BCUT2D eigenvalue weighted by Crippen LogP contribution is -1.97.